The van der Waals surface area contributed by atoms with Crippen molar-refractivity contribution >= 4 is 46.3 Å². The van der Waals surface area contributed by atoms with Crippen LogP contribution in [0.3, 0.4) is 0 Å². The fourth-order valence-corrected chi connectivity index (χ4v) is 2.85. The summed E-state index contributed by atoms with van der Waals surface area (Å²) in [4.78, 5) is 8.48. The first kappa shape index (κ1) is 17.7. The molecular weight excluding hydrogens is 388 g/mol. The molecule has 0 atom stereocenters. The van der Waals surface area contributed by atoms with Gasteiger partial charge < -0.3 is 10.1 Å². The summed E-state index contributed by atoms with van der Waals surface area (Å²) in [6, 6.07) is 10.7. The van der Waals surface area contributed by atoms with Crippen molar-refractivity contribution in [1.29, 1.82) is 0 Å². The van der Waals surface area contributed by atoms with Gasteiger partial charge in [-0.05, 0) is 18.2 Å². The first-order valence-electron chi connectivity index (χ1n) is 7.07. The third kappa shape index (κ3) is 4.12. The SMILES string of the molecule is COc1cc(Nc2cc(Cl)nc(-c3cccc(F)c3)n2)c(Cl)cc1Cl. The van der Waals surface area contributed by atoms with Gasteiger partial charge in [0.2, 0.25) is 0 Å². The fraction of sp³-hybridized carbons (Fsp3) is 0.0588. The summed E-state index contributed by atoms with van der Waals surface area (Å²) < 4.78 is 18.6. The highest BCUT2D eigenvalue weighted by Crippen LogP contribution is 2.35. The number of hydrogen-bond acceptors (Lipinski definition) is 4. The summed E-state index contributed by atoms with van der Waals surface area (Å²) in [5.41, 5.74) is 1.04. The van der Waals surface area contributed by atoms with Crippen molar-refractivity contribution in [2.24, 2.45) is 0 Å². The fourth-order valence-electron chi connectivity index (χ4n) is 2.16. The van der Waals surface area contributed by atoms with E-state index in [0.717, 1.165) is 0 Å². The minimum atomic E-state index is -0.388. The number of nitrogens with zero attached hydrogens (tertiary/aromatic N) is 2. The zero-order valence-corrected chi connectivity index (χ0v) is 15.1. The Hall–Kier alpha value is -2.08. The predicted molar refractivity (Wildman–Crippen MR) is 98.7 cm³/mol. The average Bonchev–Trinajstić information content (AvgIpc) is 2.57. The number of benzene rings is 2. The molecule has 1 heterocycles. The Morgan fingerprint density at radius 3 is 2.52 bits per heavy atom. The van der Waals surface area contributed by atoms with Gasteiger partial charge in [0.15, 0.2) is 5.82 Å². The van der Waals surface area contributed by atoms with Gasteiger partial charge in [0, 0.05) is 17.7 Å². The van der Waals surface area contributed by atoms with Crippen molar-refractivity contribution in [1.82, 2.24) is 9.97 Å². The van der Waals surface area contributed by atoms with Crippen molar-refractivity contribution in [3.63, 3.8) is 0 Å². The summed E-state index contributed by atoms with van der Waals surface area (Å²) in [7, 11) is 1.50. The van der Waals surface area contributed by atoms with E-state index < -0.39 is 0 Å². The molecule has 3 rings (SSSR count). The number of hydrogen-bond donors (Lipinski definition) is 1. The number of rotatable bonds is 4. The van der Waals surface area contributed by atoms with E-state index in [0.29, 0.717) is 32.9 Å². The highest BCUT2D eigenvalue weighted by Gasteiger charge is 2.11. The molecule has 8 heteroatoms. The van der Waals surface area contributed by atoms with Crippen LogP contribution in [0.25, 0.3) is 11.4 Å². The van der Waals surface area contributed by atoms with Crippen LogP contribution in [0.4, 0.5) is 15.9 Å². The molecule has 25 heavy (non-hydrogen) atoms. The molecule has 0 aliphatic carbocycles. The Morgan fingerprint density at radius 2 is 1.80 bits per heavy atom. The van der Waals surface area contributed by atoms with Crippen LogP contribution in [-0.4, -0.2) is 17.1 Å². The maximum absolute atomic E-state index is 13.4. The molecule has 1 aromatic heterocycles. The molecule has 0 amide bonds. The minimum absolute atomic E-state index is 0.203. The first-order chi connectivity index (χ1) is 12.0. The van der Waals surface area contributed by atoms with Crippen LogP contribution in [0.5, 0.6) is 5.75 Å². The summed E-state index contributed by atoms with van der Waals surface area (Å²) in [5.74, 6) is 0.747. The molecule has 128 valence electrons. The molecule has 1 N–H and O–H groups in total. The molecule has 3 aromatic rings. The lowest BCUT2D eigenvalue weighted by Crippen LogP contribution is -1.99. The third-order valence-electron chi connectivity index (χ3n) is 3.28. The van der Waals surface area contributed by atoms with Gasteiger partial charge in [0.25, 0.3) is 0 Å². The number of aromatic nitrogens is 2. The van der Waals surface area contributed by atoms with Crippen molar-refractivity contribution in [3.8, 4) is 17.1 Å². The Balaban J connectivity index is 1.99. The second kappa shape index (κ2) is 7.44. The van der Waals surface area contributed by atoms with Gasteiger partial charge in [-0.3, -0.25) is 0 Å². The zero-order valence-electron chi connectivity index (χ0n) is 12.9. The molecular formula is C17H11Cl3FN3O. The number of methoxy groups -OCH3 is 1. The van der Waals surface area contributed by atoms with Gasteiger partial charge in [-0.1, -0.05) is 46.9 Å². The molecule has 0 radical (unpaired) electrons. The Labute approximate surface area is 158 Å². The van der Waals surface area contributed by atoms with Gasteiger partial charge in [0.1, 0.15) is 22.5 Å². The Bertz CT molecular complexity index is 937. The normalized spacial score (nSPS) is 10.6. The standard InChI is InChI=1S/C17H11Cl3FN3O/c1-25-14-7-13(11(18)6-12(14)19)22-16-8-15(20)23-17(24-16)9-3-2-4-10(21)5-9/h2-8H,1H3,(H,22,23,24). The molecule has 0 bridgehead atoms. The van der Waals surface area contributed by atoms with Crippen LogP contribution in [0.15, 0.2) is 42.5 Å². The number of anilines is 2. The second-order valence-electron chi connectivity index (χ2n) is 5.00. The lowest BCUT2D eigenvalue weighted by molar-refractivity contribution is 0.415. The van der Waals surface area contributed by atoms with Crippen LogP contribution in [0, 0.1) is 5.82 Å². The van der Waals surface area contributed by atoms with Crippen molar-refractivity contribution in [2.75, 3.05) is 12.4 Å². The molecule has 0 saturated heterocycles. The van der Waals surface area contributed by atoms with Gasteiger partial charge in [0.05, 0.1) is 22.8 Å². The lowest BCUT2D eigenvalue weighted by atomic mass is 10.2. The average molecular weight is 399 g/mol. The number of nitrogens with one attached hydrogen (secondary N) is 1. The lowest BCUT2D eigenvalue weighted by Gasteiger charge is -2.12. The highest BCUT2D eigenvalue weighted by atomic mass is 35.5. The smallest absolute Gasteiger partial charge is 0.163 e. The van der Waals surface area contributed by atoms with E-state index in [4.69, 9.17) is 39.5 Å². The van der Waals surface area contributed by atoms with Crippen molar-refractivity contribution in [2.45, 2.75) is 0 Å². The topological polar surface area (TPSA) is 47.0 Å². The van der Waals surface area contributed by atoms with E-state index in [1.54, 1.807) is 24.3 Å². The second-order valence-corrected chi connectivity index (χ2v) is 6.20. The summed E-state index contributed by atoms with van der Waals surface area (Å²) in [6.07, 6.45) is 0. The molecule has 0 unspecified atom stereocenters. The van der Waals surface area contributed by atoms with Crippen LogP contribution in [-0.2, 0) is 0 Å². The molecule has 0 aliphatic heterocycles. The van der Waals surface area contributed by atoms with Gasteiger partial charge in [-0.25, -0.2) is 14.4 Å². The summed E-state index contributed by atoms with van der Waals surface area (Å²) in [5, 5.41) is 4.01. The van der Waals surface area contributed by atoms with E-state index in [-0.39, 0.29) is 16.8 Å². The van der Waals surface area contributed by atoms with Gasteiger partial charge >= 0.3 is 0 Å². The maximum Gasteiger partial charge on any atom is 0.163 e. The van der Waals surface area contributed by atoms with Crippen LogP contribution < -0.4 is 10.1 Å². The molecule has 0 spiro atoms. The van der Waals surface area contributed by atoms with E-state index in [1.807, 2.05) is 0 Å². The summed E-state index contributed by atoms with van der Waals surface area (Å²) >= 11 is 18.3. The molecule has 4 nitrogen and oxygen atoms in total. The largest absolute Gasteiger partial charge is 0.495 e. The number of ether oxygens (including phenoxy) is 1. The minimum Gasteiger partial charge on any atom is -0.495 e. The van der Waals surface area contributed by atoms with E-state index in [1.165, 1.54) is 25.3 Å². The van der Waals surface area contributed by atoms with E-state index in [2.05, 4.69) is 15.3 Å². The van der Waals surface area contributed by atoms with Crippen LogP contribution in [0.2, 0.25) is 15.2 Å². The Morgan fingerprint density at radius 1 is 1.00 bits per heavy atom. The van der Waals surface area contributed by atoms with E-state index >= 15 is 0 Å². The molecule has 0 fully saturated rings. The zero-order chi connectivity index (χ0) is 18.0. The molecule has 2 aromatic carbocycles. The number of halogens is 4. The quantitative estimate of drug-likeness (QED) is 0.548. The monoisotopic (exact) mass is 397 g/mol. The van der Waals surface area contributed by atoms with E-state index in [9.17, 15) is 4.39 Å². The maximum atomic E-state index is 13.4. The van der Waals surface area contributed by atoms with Crippen molar-refractivity contribution in [3.05, 3.63) is 63.5 Å². The van der Waals surface area contributed by atoms with Crippen LogP contribution >= 0.6 is 34.8 Å². The molecule has 0 saturated carbocycles. The molecule has 0 aliphatic rings. The van der Waals surface area contributed by atoms with Gasteiger partial charge in [-0.2, -0.15) is 0 Å². The third-order valence-corrected chi connectivity index (χ3v) is 4.08. The predicted octanol–water partition coefficient (Wildman–Crippen LogP) is 6.00. The van der Waals surface area contributed by atoms with Crippen LogP contribution in [0.1, 0.15) is 0 Å². The van der Waals surface area contributed by atoms with Crippen molar-refractivity contribution < 1.29 is 9.13 Å². The van der Waals surface area contributed by atoms with Gasteiger partial charge in [-0.15, -0.1) is 0 Å². The highest BCUT2D eigenvalue weighted by molar-refractivity contribution is 6.37. The first-order valence-corrected chi connectivity index (χ1v) is 8.20. The Kier molecular flexibility index (Phi) is 5.27. The summed E-state index contributed by atoms with van der Waals surface area (Å²) in [6.45, 7) is 0.